The van der Waals surface area contributed by atoms with Crippen LogP contribution in [-0.4, -0.2) is 22.6 Å². The second-order valence-corrected chi connectivity index (χ2v) is 5.25. The summed E-state index contributed by atoms with van der Waals surface area (Å²) in [6.07, 6.45) is 2.65. The molecule has 0 radical (unpaired) electrons. The predicted octanol–water partition coefficient (Wildman–Crippen LogP) is 3.24. The monoisotopic (exact) mass is 236 g/mol. The third kappa shape index (κ3) is 3.32. The van der Waals surface area contributed by atoms with Crippen molar-refractivity contribution in [3.8, 4) is 0 Å². The summed E-state index contributed by atoms with van der Waals surface area (Å²) >= 11 is 0. The number of nitrogens with one attached hydrogen (secondary N) is 2. The van der Waals surface area contributed by atoms with Gasteiger partial charge in [0.25, 0.3) is 0 Å². The highest BCUT2D eigenvalue weighted by Crippen LogP contribution is 2.30. The smallest absolute Gasteiger partial charge is 0.135 e. The third-order valence-corrected chi connectivity index (χ3v) is 3.04. The van der Waals surface area contributed by atoms with Gasteiger partial charge in [-0.05, 0) is 26.2 Å². The van der Waals surface area contributed by atoms with Crippen LogP contribution in [0.1, 0.15) is 52.5 Å². The van der Waals surface area contributed by atoms with Crippen LogP contribution in [0.4, 0.5) is 11.6 Å². The van der Waals surface area contributed by atoms with Crippen molar-refractivity contribution >= 4 is 11.6 Å². The van der Waals surface area contributed by atoms with Crippen LogP contribution in [0.3, 0.4) is 0 Å². The average molecular weight is 236 g/mol. The molecule has 96 valence electrons. The fraction of sp³-hybridized carbons (Fsp3) is 0.692. The summed E-state index contributed by atoms with van der Waals surface area (Å²) in [5, 5.41) is 6.63. The second-order valence-electron chi connectivity index (χ2n) is 5.25. The van der Waals surface area contributed by atoms with Crippen molar-refractivity contribution in [1.29, 1.82) is 0 Å². The Bertz CT molecular complexity index is 372. The van der Waals surface area contributed by atoms with Gasteiger partial charge in [-0.3, -0.25) is 0 Å². The Morgan fingerprint density at radius 2 is 1.82 bits per heavy atom. The van der Waals surface area contributed by atoms with Crippen molar-refractivity contribution < 1.29 is 0 Å². The van der Waals surface area contributed by atoms with Gasteiger partial charge in [0.05, 0.1) is 0 Å². The quantitative estimate of drug-likeness (QED) is 0.824. The normalized spacial score (nSPS) is 11.7. The summed E-state index contributed by atoms with van der Waals surface area (Å²) in [7, 11) is 1.89. The lowest BCUT2D eigenvalue weighted by Gasteiger charge is -2.27. The fourth-order valence-corrected chi connectivity index (χ4v) is 1.65. The van der Waals surface area contributed by atoms with E-state index in [1.807, 2.05) is 7.05 Å². The minimum atomic E-state index is 0.0446. The third-order valence-electron chi connectivity index (χ3n) is 3.04. The lowest BCUT2D eigenvalue weighted by atomic mass is 9.99. The van der Waals surface area contributed by atoms with Gasteiger partial charge in [0.1, 0.15) is 18.0 Å². The first kappa shape index (κ1) is 13.7. The number of hydrogen-bond donors (Lipinski definition) is 2. The first-order valence-corrected chi connectivity index (χ1v) is 6.22. The minimum absolute atomic E-state index is 0.0446. The zero-order valence-corrected chi connectivity index (χ0v) is 11.8. The molecular formula is C13H24N4. The number of aromatic nitrogens is 2. The van der Waals surface area contributed by atoms with E-state index in [0.29, 0.717) is 5.92 Å². The molecule has 4 nitrogen and oxygen atoms in total. The van der Waals surface area contributed by atoms with Gasteiger partial charge in [0, 0.05) is 18.2 Å². The SMILES string of the molecule is CCC(C)(C)Nc1ncnc(NC)c1C(C)C. The lowest BCUT2D eigenvalue weighted by molar-refractivity contribution is 0.543. The summed E-state index contributed by atoms with van der Waals surface area (Å²) < 4.78 is 0. The number of hydrogen-bond acceptors (Lipinski definition) is 4. The van der Waals surface area contributed by atoms with E-state index >= 15 is 0 Å². The van der Waals surface area contributed by atoms with Crippen molar-refractivity contribution in [2.24, 2.45) is 0 Å². The fourth-order valence-electron chi connectivity index (χ4n) is 1.65. The first-order chi connectivity index (χ1) is 7.91. The Kier molecular flexibility index (Phi) is 4.32. The Labute approximate surface area is 104 Å². The molecule has 0 aliphatic heterocycles. The highest BCUT2D eigenvalue weighted by Gasteiger charge is 2.20. The van der Waals surface area contributed by atoms with E-state index in [0.717, 1.165) is 23.6 Å². The number of rotatable bonds is 5. The van der Waals surface area contributed by atoms with E-state index in [1.54, 1.807) is 6.33 Å². The highest BCUT2D eigenvalue weighted by molar-refractivity contribution is 5.59. The lowest BCUT2D eigenvalue weighted by Crippen LogP contribution is -2.31. The summed E-state index contributed by atoms with van der Waals surface area (Å²) in [6, 6.07) is 0. The van der Waals surface area contributed by atoms with E-state index in [2.05, 4.69) is 55.2 Å². The van der Waals surface area contributed by atoms with Crippen molar-refractivity contribution in [2.45, 2.75) is 52.5 Å². The molecule has 0 amide bonds. The zero-order valence-electron chi connectivity index (χ0n) is 11.8. The maximum absolute atomic E-state index is 4.38. The standard InChI is InChI=1S/C13H24N4/c1-7-13(4,5)17-12-10(9(2)3)11(14-6)15-8-16-12/h8-9H,7H2,1-6H3,(H2,14,15,16,17). The van der Waals surface area contributed by atoms with Gasteiger partial charge in [-0.2, -0.15) is 0 Å². The Morgan fingerprint density at radius 3 is 2.29 bits per heavy atom. The Morgan fingerprint density at radius 1 is 1.24 bits per heavy atom. The maximum atomic E-state index is 4.38. The average Bonchev–Trinajstić information content (AvgIpc) is 2.27. The van der Waals surface area contributed by atoms with Crippen molar-refractivity contribution in [3.63, 3.8) is 0 Å². The van der Waals surface area contributed by atoms with Crippen LogP contribution in [0.25, 0.3) is 0 Å². The molecule has 0 spiro atoms. The van der Waals surface area contributed by atoms with Gasteiger partial charge < -0.3 is 10.6 Å². The van der Waals surface area contributed by atoms with Crippen LogP contribution in [0, 0.1) is 0 Å². The predicted molar refractivity (Wildman–Crippen MR) is 73.7 cm³/mol. The van der Waals surface area contributed by atoms with E-state index in [-0.39, 0.29) is 5.54 Å². The molecule has 0 saturated carbocycles. The van der Waals surface area contributed by atoms with E-state index in [1.165, 1.54) is 0 Å². The summed E-state index contributed by atoms with van der Waals surface area (Å²) in [5.74, 6) is 2.23. The van der Waals surface area contributed by atoms with Crippen molar-refractivity contribution in [3.05, 3.63) is 11.9 Å². The zero-order chi connectivity index (χ0) is 13.1. The minimum Gasteiger partial charge on any atom is -0.373 e. The van der Waals surface area contributed by atoms with Gasteiger partial charge >= 0.3 is 0 Å². The van der Waals surface area contributed by atoms with Gasteiger partial charge in [0.2, 0.25) is 0 Å². The van der Waals surface area contributed by atoms with Crippen molar-refractivity contribution in [2.75, 3.05) is 17.7 Å². The molecule has 0 fully saturated rings. The van der Waals surface area contributed by atoms with Gasteiger partial charge in [-0.25, -0.2) is 9.97 Å². The van der Waals surface area contributed by atoms with Crippen LogP contribution < -0.4 is 10.6 Å². The van der Waals surface area contributed by atoms with Crippen molar-refractivity contribution in [1.82, 2.24) is 9.97 Å². The van der Waals surface area contributed by atoms with Crippen LogP contribution >= 0.6 is 0 Å². The molecule has 0 aromatic carbocycles. The van der Waals surface area contributed by atoms with E-state index in [4.69, 9.17) is 0 Å². The molecule has 0 atom stereocenters. The molecule has 0 bridgehead atoms. The van der Waals surface area contributed by atoms with E-state index in [9.17, 15) is 0 Å². The molecule has 1 aromatic heterocycles. The molecule has 2 N–H and O–H groups in total. The first-order valence-electron chi connectivity index (χ1n) is 6.22. The van der Waals surface area contributed by atoms with Gasteiger partial charge in [-0.15, -0.1) is 0 Å². The van der Waals surface area contributed by atoms with Crippen LogP contribution in [0.15, 0.2) is 6.33 Å². The maximum Gasteiger partial charge on any atom is 0.135 e. The molecular weight excluding hydrogens is 212 g/mol. The van der Waals surface area contributed by atoms with E-state index < -0.39 is 0 Å². The summed E-state index contributed by atoms with van der Waals surface area (Å²) in [4.78, 5) is 8.65. The van der Waals surface area contributed by atoms with Crippen LogP contribution in [0.2, 0.25) is 0 Å². The molecule has 1 heterocycles. The summed E-state index contributed by atoms with van der Waals surface area (Å²) in [5.41, 5.74) is 1.19. The molecule has 0 aliphatic rings. The largest absolute Gasteiger partial charge is 0.373 e. The molecule has 0 aliphatic carbocycles. The van der Waals surface area contributed by atoms with Gasteiger partial charge in [-0.1, -0.05) is 20.8 Å². The number of nitrogens with zero attached hydrogens (tertiary/aromatic N) is 2. The Hall–Kier alpha value is -1.32. The second kappa shape index (κ2) is 5.34. The highest BCUT2D eigenvalue weighted by atomic mass is 15.1. The Balaban J connectivity index is 3.15. The molecule has 1 rings (SSSR count). The van der Waals surface area contributed by atoms with Crippen LogP contribution in [-0.2, 0) is 0 Å². The molecule has 0 saturated heterocycles. The van der Waals surface area contributed by atoms with Gasteiger partial charge in [0.15, 0.2) is 0 Å². The number of anilines is 2. The molecule has 1 aromatic rings. The topological polar surface area (TPSA) is 49.8 Å². The van der Waals surface area contributed by atoms with Crippen LogP contribution in [0.5, 0.6) is 0 Å². The molecule has 17 heavy (non-hydrogen) atoms. The summed E-state index contributed by atoms with van der Waals surface area (Å²) in [6.45, 7) is 10.8. The molecule has 4 heteroatoms. The molecule has 0 unspecified atom stereocenters.